The SMILES string of the molecule is O=C(O)c1ccc(CNc2cccnc2N2CCCC2)o1. The molecule has 2 N–H and O–H groups in total. The molecule has 1 aliphatic heterocycles. The second-order valence-electron chi connectivity index (χ2n) is 4.99. The van der Waals surface area contributed by atoms with Gasteiger partial charge in [-0.15, -0.1) is 0 Å². The summed E-state index contributed by atoms with van der Waals surface area (Å²) in [6.07, 6.45) is 4.17. The molecule has 0 spiro atoms. The van der Waals surface area contributed by atoms with Gasteiger partial charge in [-0.05, 0) is 37.1 Å². The Bertz CT molecular complexity index is 633. The van der Waals surface area contributed by atoms with E-state index in [2.05, 4.69) is 15.2 Å². The van der Waals surface area contributed by atoms with Crippen molar-refractivity contribution in [3.8, 4) is 0 Å². The number of hydrogen-bond acceptors (Lipinski definition) is 5. The zero-order valence-electron chi connectivity index (χ0n) is 11.6. The third-order valence-electron chi connectivity index (χ3n) is 3.52. The minimum Gasteiger partial charge on any atom is -0.475 e. The van der Waals surface area contributed by atoms with Gasteiger partial charge < -0.3 is 19.7 Å². The van der Waals surface area contributed by atoms with Gasteiger partial charge in [-0.2, -0.15) is 0 Å². The average molecular weight is 287 g/mol. The maximum Gasteiger partial charge on any atom is 0.371 e. The van der Waals surface area contributed by atoms with Crippen molar-refractivity contribution in [2.45, 2.75) is 19.4 Å². The van der Waals surface area contributed by atoms with E-state index in [1.165, 1.54) is 18.9 Å². The fraction of sp³-hybridized carbons (Fsp3) is 0.333. The molecule has 1 fully saturated rings. The number of furan rings is 1. The van der Waals surface area contributed by atoms with Crippen LogP contribution in [0, 0.1) is 0 Å². The van der Waals surface area contributed by atoms with E-state index < -0.39 is 5.97 Å². The lowest BCUT2D eigenvalue weighted by Crippen LogP contribution is -2.20. The first kappa shape index (κ1) is 13.5. The Morgan fingerprint density at radius 3 is 2.86 bits per heavy atom. The zero-order chi connectivity index (χ0) is 14.7. The van der Waals surface area contributed by atoms with E-state index >= 15 is 0 Å². The molecule has 3 rings (SSSR count). The summed E-state index contributed by atoms with van der Waals surface area (Å²) in [5, 5.41) is 12.1. The van der Waals surface area contributed by atoms with Gasteiger partial charge in [0, 0.05) is 19.3 Å². The number of carbonyl (C=O) groups is 1. The number of aromatic carboxylic acids is 1. The van der Waals surface area contributed by atoms with Crippen molar-refractivity contribution in [2.75, 3.05) is 23.3 Å². The molecule has 0 radical (unpaired) electrons. The summed E-state index contributed by atoms with van der Waals surface area (Å²) in [5.74, 6) is 0.432. The number of nitrogens with one attached hydrogen (secondary N) is 1. The highest BCUT2D eigenvalue weighted by atomic mass is 16.4. The molecule has 0 atom stereocenters. The third kappa shape index (κ3) is 2.99. The fourth-order valence-electron chi connectivity index (χ4n) is 2.49. The second-order valence-corrected chi connectivity index (χ2v) is 4.99. The fourth-order valence-corrected chi connectivity index (χ4v) is 2.49. The Kier molecular flexibility index (Phi) is 3.77. The summed E-state index contributed by atoms with van der Waals surface area (Å²) >= 11 is 0. The quantitative estimate of drug-likeness (QED) is 0.880. The molecule has 0 bridgehead atoms. The molecule has 0 saturated carbocycles. The molecule has 0 aliphatic carbocycles. The zero-order valence-corrected chi connectivity index (χ0v) is 11.6. The van der Waals surface area contributed by atoms with Crippen LogP contribution in [0.15, 0.2) is 34.9 Å². The van der Waals surface area contributed by atoms with Crippen LogP contribution in [0.2, 0.25) is 0 Å². The summed E-state index contributed by atoms with van der Waals surface area (Å²) in [6.45, 7) is 2.48. The van der Waals surface area contributed by atoms with Gasteiger partial charge in [0.2, 0.25) is 5.76 Å². The summed E-state index contributed by atoms with van der Waals surface area (Å²) in [7, 11) is 0. The molecule has 110 valence electrons. The lowest BCUT2D eigenvalue weighted by atomic mass is 10.3. The number of carboxylic acids is 1. The molecule has 3 heterocycles. The summed E-state index contributed by atoms with van der Waals surface area (Å²) in [5.41, 5.74) is 0.938. The first-order valence-corrected chi connectivity index (χ1v) is 7.00. The van der Waals surface area contributed by atoms with Gasteiger partial charge >= 0.3 is 5.97 Å². The largest absolute Gasteiger partial charge is 0.475 e. The first-order chi connectivity index (χ1) is 10.2. The second kappa shape index (κ2) is 5.87. The highest BCUT2D eigenvalue weighted by Crippen LogP contribution is 2.26. The number of pyridine rings is 1. The molecular weight excluding hydrogens is 270 g/mol. The molecule has 1 saturated heterocycles. The number of aromatic nitrogens is 1. The normalized spacial score (nSPS) is 14.4. The van der Waals surface area contributed by atoms with Crippen molar-refractivity contribution in [3.05, 3.63) is 42.0 Å². The van der Waals surface area contributed by atoms with Crippen LogP contribution >= 0.6 is 0 Å². The Balaban J connectivity index is 1.71. The summed E-state index contributed by atoms with van der Waals surface area (Å²) in [4.78, 5) is 17.5. The van der Waals surface area contributed by atoms with E-state index in [-0.39, 0.29) is 5.76 Å². The van der Waals surface area contributed by atoms with E-state index in [1.807, 2.05) is 12.1 Å². The van der Waals surface area contributed by atoms with E-state index in [4.69, 9.17) is 9.52 Å². The highest BCUT2D eigenvalue weighted by molar-refractivity contribution is 5.84. The lowest BCUT2D eigenvalue weighted by Gasteiger charge is -2.20. The van der Waals surface area contributed by atoms with Gasteiger partial charge in [0.1, 0.15) is 5.76 Å². The van der Waals surface area contributed by atoms with E-state index in [9.17, 15) is 4.79 Å². The van der Waals surface area contributed by atoms with Crippen molar-refractivity contribution in [1.82, 2.24) is 4.98 Å². The van der Waals surface area contributed by atoms with Crippen LogP contribution in [0.25, 0.3) is 0 Å². The predicted molar refractivity (Wildman–Crippen MR) is 78.7 cm³/mol. The molecule has 6 heteroatoms. The van der Waals surface area contributed by atoms with Crippen molar-refractivity contribution >= 4 is 17.5 Å². The van der Waals surface area contributed by atoms with Crippen LogP contribution < -0.4 is 10.2 Å². The highest BCUT2D eigenvalue weighted by Gasteiger charge is 2.17. The predicted octanol–water partition coefficient (Wildman–Crippen LogP) is 2.59. The van der Waals surface area contributed by atoms with E-state index in [1.54, 1.807) is 12.3 Å². The molecule has 0 unspecified atom stereocenters. The van der Waals surface area contributed by atoms with Gasteiger partial charge in [0.15, 0.2) is 5.82 Å². The number of rotatable bonds is 5. The number of nitrogens with zero attached hydrogens (tertiary/aromatic N) is 2. The minimum absolute atomic E-state index is 0.0437. The average Bonchev–Trinajstić information content (AvgIpc) is 3.17. The van der Waals surface area contributed by atoms with Crippen LogP contribution in [-0.4, -0.2) is 29.1 Å². The van der Waals surface area contributed by atoms with Crippen molar-refractivity contribution in [1.29, 1.82) is 0 Å². The summed E-state index contributed by atoms with van der Waals surface area (Å²) < 4.78 is 5.24. The topological polar surface area (TPSA) is 78.6 Å². The van der Waals surface area contributed by atoms with Crippen LogP contribution in [0.1, 0.15) is 29.2 Å². The molecule has 1 aliphatic rings. The van der Waals surface area contributed by atoms with Crippen LogP contribution in [0.5, 0.6) is 0 Å². The molecule has 0 aromatic carbocycles. The maximum absolute atomic E-state index is 10.8. The van der Waals surface area contributed by atoms with E-state index in [0.717, 1.165) is 24.6 Å². The van der Waals surface area contributed by atoms with Gasteiger partial charge in [0.05, 0.1) is 12.2 Å². The number of carboxylic acid groups (broad SMARTS) is 1. The van der Waals surface area contributed by atoms with Crippen LogP contribution in [0.3, 0.4) is 0 Å². The monoisotopic (exact) mass is 287 g/mol. The maximum atomic E-state index is 10.8. The third-order valence-corrected chi connectivity index (χ3v) is 3.52. The van der Waals surface area contributed by atoms with Gasteiger partial charge in [0.25, 0.3) is 0 Å². The van der Waals surface area contributed by atoms with Gasteiger partial charge in [-0.25, -0.2) is 9.78 Å². The van der Waals surface area contributed by atoms with Crippen molar-refractivity contribution in [2.24, 2.45) is 0 Å². The Morgan fingerprint density at radius 2 is 2.14 bits per heavy atom. The number of hydrogen-bond donors (Lipinski definition) is 2. The van der Waals surface area contributed by atoms with Crippen LogP contribution in [-0.2, 0) is 6.54 Å². The van der Waals surface area contributed by atoms with Crippen molar-refractivity contribution in [3.63, 3.8) is 0 Å². The summed E-state index contributed by atoms with van der Waals surface area (Å²) in [6, 6.07) is 6.99. The van der Waals surface area contributed by atoms with E-state index in [0.29, 0.717) is 12.3 Å². The van der Waals surface area contributed by atoms with Gasteiger partial charge in [-0.1, -0.05) is 0 Å². The lowest BCUT2D eigenvalue weighted by molar-refractivity contribution is 0.0660. The standard InChI is InChI=1S/C15H17N3O3/c19-15(20)13-6-5-11(21-13)10-17-12-4-3-7-16-14(12)18-8-1-2-9-18/h3-7,17H,1-2,8-10H2,(H,19,20). The molecule has 2 aromatic heterocycles. The van der Waals surface area contributed by atoms with Crippen molar-refractivity contribution < 1.29 is 14.3 Å². The molecular formula is C15H17N3O3. The van der Waals surface area contributed by atoms with Crippen LogP contribution in [0.4, 0.5) is 11.5 Å². The molecule has 6 nitrogen and oxygen atoms in total. The Labute approximate surface area is 122 Å². The first-order valence-electron chi connectivity index (χ1n) is 7.00. The number of anilines is 2. The molecule has 0 amide bonds. The minimum atomic E-state index is -1.06. The van der Waals surface area contributed by atoms with Gasteiger partial charge in [-0.3, -0.25) is 0 Å². The smallest absolute Gasteiger partial charge is 0.371 e. The Morgan fingerprint density at radius 1 is 1.33 bits per heavy atom. The Hall–Kier alpha value is -2.50. The molecule has 2 aromatic rings. The molecule has 21 heavy (non-hydrogen) atoms.